The summed E-state index contributed by atoms with van der Waals surface area (Å²) in [4.78, 5) is 2.44. The van der Waals surface area contributed by atoms with Gasteiger partial charge in [-0.25, -0.2) is 0 Å². The fourth-order valence-electron chi connectivity index (χ4n) is 8.09. The van der Waals surface area contributed by atoms with E-state index < -0.39 is 0 Å². The van der Waals surface area contributed by atoms with Gasteiger partial charge in [-0.3, -0.25) is 0 Å². The van der Waals surface area contributed by atoms with Crippen LogP contribution in [-0.4, -0.2) is 0 Å². The van der Waals surface area contributed by atoms with Crippen LogP contribution in [0.4, 0.5) is 11.4 Å². The largest absolute Gasteiger partial charge is 0.314 e. The number of aryl methyl sites for hydroxylation is 4. The van der Waals surface area contributed by atoms with Gasteiger partial charge >= 0.3 is 0 Å². The quantitative estimate of drug-likeness (QED) is 0.163. The van der Waals surface area contributed by atoms with Gasteiger partial charge in [-0.1, -0.05) is 124 Å². The van der Waals surface area contributed by atoms with E-state index in [2.05, 4.69) is 164 Å². The average molecular weight is 689 g/mol. The van der Waals surface area contributed by atoms with Gasteiger partial charge in [-0.05, 0) is 143 Å². The summed E-state index contributed by atoms with van der Waals surface area (Å²) in [6.45, 7) is 8.93. The maximum Gasteiger partial charge on any atom is 0.0458 e. The zero-order chi connectivity index (χ0) is 32.9. The molecule has 2 aliphatic carbocycles. The molecule has 2 aliphatic rings. The second-order valence-corrected chi connectivity index (χ2v) is 15.0. The van der Waals surface area contributed by atoms with Crippen molar-refractivity contribution in [2.45, 2.75) is 59.8 Å². The van der Waals surface area contributed by atoms with Crippen molar-refractivity contribution in [3.05, 3.63) is 153 Å². The summed E-state index contributed by atoms with van der Waals surface area (Å²) in [5.41, 5.74) is 16.0. The third-order valence-electron chi connectivity index (χ3n) is 10.5. The van der Waals surface area contributed by atoms with Gasteiger partial charge in [0.1, 0.15) is 0 Å². The van der Waals surface area contributed by atoms with E-state index in [0.29, 0.717) is 5.92 Å². The first kappa shape index (κ1) is 30.9. The molecule has 1 nitrogen and oxygen atoms in total. The number of benzene rings is 6. The van der Waals surface area contributed by atoms with Crippen LogP contribution in [0.5, 0.6) is 0 Å². The molecule has 6 aromatic carbocycles. The lowest BCUT2D eigenvalue weighted by Gasteiger charge is -2.33. The second-order valence-electron chi connectivity index (χ2n) is 14.0. The smallest absolute Gasteiger partial charge is 0.0458 e. The number of halogens is 1. The predicted molar refractivity (Wildman–Crippen MR) is 211 cm³/mol. The molecule has 0 bridgehead atoms. The Balaban J connectivity index is 1.34. The van der Waals surface area contributed by atoms with Crippen molar-refractivity contribution in [3.63, 3.8) is 0 Å². The predicted octanol–water partition coefficient (Wildman–Crippen LogP) is 13.5. The van der Waals surface area contributed by atoms with E-state index in [9.17, 15) is 0 Å². The lowest BCUT2D eigenvalue weighted by Crippen LogP contribution is -2.22. The van der Waals surface area contributed by atoms with Crippen LogP contribution in [0.15, 0.2) is 125 Å². The van der Waals surface area contributed by atoms with Crippen molar-refractivity contribution in [3.8, 4) is 22.3 Å². The van der Waals surface area contributed by atoms with Gasteiger partial charge in [0, 0.05) is 23.0 Å². The van der Waals surface area contributed by atoms with Gasteiger partial charge < -0.3 is 4.90 Å². The van der Waals surface area contributed by atoms with Crippen LogP contribution in [0, 0.1) is 26.7 Å². The minimum absolute atomic E-state index is 0.390. The van der Waals surface area contributed by atoms with E-state index in [-0.39, 0.29) is 0 Å². The molecule has 2 heteroatoms. The van der Waals surface area contributed by atoms with Gasteiger partial charge in [0.15, 0.2) is 0 Å². The van der Waals surface area contributed by atoms with Crippen LogP contribution in [0.25, 0.3) is 43.8 Å². The summed E-state index contributed by atoms with van der Waals surface area (Å²) in [5.74, 6) is 0.390. The number of hydrogen-bond donors (Lipinski definition) is 0. The Labute approximate surface area is 293 Å². The zero-order valence-corrected chi connectivity index (χ0v) is 30.0. The summed E-state index contributed by atoms with van der Waals surface area (Å²) < 4.78 is 1.25. The number of allylic oxidation sites excluding steroid dienone is 4. The summed E-state index contributed by atoms with van der Waals surface area (Å²) in [7, 11) is 0. The van der Waals surface area contributed by atoms with Gasteiger partial charge in [-0.15, -0.1) is 0 Å². The van der Waals surface area contributed by atoms with Gasteiger partial charge in [0.05, 0.1) is 0 Å². The molecule has 6 aromatic rings. The highest BCUT2D eigenvalue weighted by Gasteiger charge is 2.24. The third kappa shape index (κ3) is 5.51. The maximum atomic E-state index is 3.75. The monoisotopic (exact) mass is 687 g/mol. The molecule has 0 fully saturated rings. The van der Waals surface area contributed by atoms with Crippen LogP contribution in [0.1, 0.15) is 54.0 Å². The number of hydrogen-bond acceptors (Lipinski definition) is 1. The van der Waals surface area contributed by atoms with E-state index in [1.54, 1.807) is 5.56 Å². The van der Waals surface area contributed by atoms with Crippen LogP contribution >= 0.6 is 15.9 Å². The molecule has 0 amide bonds. The van der Waals surface area contributed by atoms with E-state index in [1.807, 2.05) is 0 Å². The van der Waals surface area contributed by atoms with Gasteiger partial charge in [0.2, 0.25) is 0 Å². The lowest BCUT2D eigenvalue weighted by molar-refractivity contribution is 0.666. The second kappa shape index (κ2) is 12.6. The van der Waals surface area contributed by atoms with E-state index in [4.69, 9.17) is 0 Å². The first-order valence-electron chi connectivity index (χ1n) is 17.5. The Bertz CT molecular complexity index is 2250. The van der Waals surface area contributed by atoms with E-state index in [1.165, 1.54) is 107 Å². The summed E-state index contributed by atoms with van der Waals surface area (Å²) in [5, 5.41) is 5.35. The molecule has 1 unspecified atom stereocenters. The lowest BCUT2D eigenvalue weighted by atomic mass is 9.80. The third-order valence-corrected chi connectivity index (χ3v) is 11.1. The molecular weight excluding hydrogens is 646 g/mol. The minimum atomic E-state index is 0.390. The molecule has 0 spiro atoms. The first-order valence-corrected chi connectivity index (χ1v) is 18.3. The van der Waals surface area contributed by atoms with Crippen LogP contribution in [-0.2, 0) is 12.8 Å². The Morgan fingerprint density at radius 2 is 1.21 bits per heavy atom. The molecule has 0 aliphatic heterocycles. The van der Waals surface area contributed by atoms with Crippen molar-refractivity contribution >= 4 is 48.8 Å². The highest BCUT2D eigenvalue weighted by molar-refractivity contribution is 9.11. The normalized spacial score (nSPS) is 16.1. The number of rotatable bonds is 5. The fourth-order valence-corrected chi connectivity index (χ4v) is 8.71. The van der Waals surface area contributed by atoms with Gasteiger partial charge in [-0.2, -0.15) is 0 Å². The summed E-state index contributed by atoms with van der Waals surface area (Å²) in [6.07, 6.45) is 10.4. The Kier molecular flexibility index (Phi) is 8.09. The molecule has 0 N–H and O–H groups in total. The zero-order valence-electron chi connectivity index (χ0n) is 28.4. The maximum absolute atomic E-state index is 3.75. The van der Waals surface area contributed by atoms with Crippen molar-refractivity contribution in [2.24, 2.45) is 5.92 Å². The molecule has 0 aromatic heterocycles. The highest BCUT2D eigenvalue weighted by atomic mass is 79.9. The number of anilines is 2. The molecule has 8 rings (SSSR count). The highest BCUT2D eigenvalue weighted by Crippen LogP contribution is 2.47. The molecular formula is C46H42BrN. The number of fused-ring (bicyclic) bond motifs is 3. The molecule has 238 valence electrons. The van der Waals surface area contributed by atoms with Crippen LogP contribution < -0.4 is 4.90 Å². The Morgan fingerprint density at radius 3 is 1.90 bits per heavy atom. The Morgan fingerprint density at radius 1 is 0.604 bits per heavy atom. The van der Waals surface area contributed by atoms with E-state index >= 15 is 0 Å². The van der Waals surface area contributed by atoms with Crippen LogP contribution in [0.3, 0.4) is 0 Å². The van der Waals surface area contributed by atoms with Crippen LogP contribution in [0.2, 0.25) is 0 Å². The van der Waals surface area contributed by atoms with Crippen molar-refractivity contribution in [1.29, 1.82) is 0 Å². The van der Waals surface area contributed by atoms with Gasteiger partial charge in [0.25, 0.3) is 0 Å². The average Bonchev–Trinajstić information content (AvgIpc) is 3.09. The van der Waals surface area contributed by atoms with Crippen molar-refractivity contribution < 1.29 is 0 Å². The van der Waals surface area contributed by atoms with Crippen molar-refractivity contribution in [2.75, 3.05) is 4.90 Å². The molecule has 0 radical (unpaired) electrons. The molecule has 0 saturated heterocycles. The fraction of sp³-hybridized carbons (Fsp3) is 0.217. The standard InChI is InChI=1S/C46H42BrN/c1-29-12-19-36(20-13-29)48(44-25-18-35(47)28-32(44)4)37-21-16-34(17-22-37)45-40-23-14-31(3)27-43(40)46(41-24-15-30(2)26-42(41)45)39-11-7-9-33-8-5-6-10-38(33)39/h7,9,11-27,32H,5-6,8,10,28H2,1-4H3. The van der Waals surface area contributed by atoms with Crippen molar-refractivity contribution in [1.82, 2.24) is 0 Å². The first-order chi connectivity index (χ1) is 23.4. The molecule has 0 heterocycles. The molecule has 0 saturated carbocycles. The summed E-state index contributed by atoms with van der Waals surface area (Å²) in [6, 6.07) is 39.4. The molecule has 1 atom stereocenters. The Hall–Kier alpha value is -4.40. The SMILES string of the molecule is Cc1ccc(N(C2=CC=C(Br)CC2C)c2ccc(-c3c4cc(C)ccc4c(-c4cccc5c4CCCC5)c4cc(C)ccc34)cc2)cc1. The molecule has 48 heavy (non-hydrogen) atoms. The minimum Gasteiger partial charge on any atom is -0.314 e. The van der Waals surface area contributed by atoms with E-state index in [0.717, 1.165) is 12.8 Å². The number of nitrogens with zero attached hydrogens (tertiary/aromatic N) is 1. The topological polar surface area (TPSA) is 3.24 Å². The summed E-state index contributed by atoms with van der Waals surface area (Å²) >= 11 is 3.75.